The zero-order chi connectivity index (χ0) is 20.3. The zero-order valence-electron chi connectivity index (χ0n) is 16.2. The van der Waals surface area contributed by atoms with Gasteiger partial charge in [-0.1, -0.05) is 96.2 Å². The Morgan fingerprint density at radius 1 is 0.786 bits per heavy atom. The highest BCUT2D eigenvalue weighted by atomic mass is 16.6. The third-order valence-corrected chi connectivity index (χ3v) is 3.31. The SMILES string of the molecule is CON=Cc1ccccc1.CONCc1ccccc1.O=Cc1ccccc1. The second kappa shape index (κ2) is 15.9. The minimum absolute atomic E-state index is 0.729. The molecule has 3 aromatic rings. The Morgan fingerprint density at radius 2 is 1.29 bits per heavy atom. The molecule has 0 aliphatic carbocycles. The molecule has 0 amide bonds. The maximum absolute atomic E-state index is 10.0. The average molecular weight is 378 g/mol. The number of hydroxylamine groups is 1. The fourth-order valence-electron chi connectivity index (χ4n) is 1.94. The highest BCUT2D eigenvalue weighted by molar-refractivity contribution is 5.78. The lowest BCUT2D eigenvalue weighted by molar-refractivity contribution is 0.0867. The van der Waals surface area contributed by atoms with Gasteiger partial charge < -0.3 is 9.68 Å². The zero-order valence-corrected chi connectivity index (χ0v) is 16.2. The predicted octanol–water partition coefficient (Wildman–Crippen LogP) is 4.50. The van der Waals surface area contributed by atoms with Crippen LogP contribution in [0.4, 0.5) is 0 Å². The summed E-state index contributed by atoms with van der Waals surface area (Å²) in [4.78, 5) is 19.2. The molecule has 3 aromatic carbocycles. The molecule has 0 bridgehead atoms. The van der Waals surface area contributed by atoms with Crippen LogP contribution in [0.5, 0.6) is 0 Å². The van der Waals surface area contributed by atoms with E-state index in [0.717, 1.165) is 24.0 Å². The number of hydrogen-bond acceptors (Lipinski definition) is 5. The van der Waals surface area contributed by atoms with Crippen molar-refractivity contribution in [1.29, 1.82) is 0 Å². The summed E-state index contributed by atoms with van der Waals surface area (Å²) in [6.45, 7) is 0.761. The van der Waals surface area contributed by atoms with Crippen molar-refractivity contribution in [3.8, 4) is 0 Å². The summed E-state index contributed by atoms with van der Waals surface area (Å²) >= 11 is 0. The predicted molar refractivity (Wildman–Crippen MR) is 113 cm³/mol. The van der Waals surface area contributed by atoms with E-state index >= 15 is 0 Å². The molecule has 0 radical (unpaired) electrons. The van der Waals surface area contributed by atoms with Gasteiger partial charge in [0.05, 0.1) is 13.3 Å². The number of aldehydes is 1. The molecular weight excluding hydrogens is 352 g/mol. The average Bonchev–Trinajstić information content (AvgIpc) is 2.79. The van der Waals surface area contributed by atoms with E-state index in [4.69, 9.17) is 4.84 Å². The molecule has 0 saturated carbocycles. The Morgan fingerprint density at radius 3 is 1.71 bits per heavy atom. The van der Waals surface area contributed by atoms with Crippen molar-refractivity contribution in [2.24, 2.45) is 5.16 Å². The standard InChI is InChI=1S/C8H11NO.C8H9NO.C7H6O/c2*1-10-9-7-8-5-3-2-4-6-8;8-6-7-4-2-1-3-5-7/h2-6,9H,7H2,1H3;2-7H,1H3;1-6H. The van der Waals surface area contributed by atoms with Crippen LogP contribution in [0.2, 0.25) is 0 Å². The van der Waals surface area contributed by atoms with Gasteiger partial charge in [0.1, 0.15) is 13.4 Å². The Bertz CT molecular complexity index is 764. The molecule has 5 nitrogen and oxygen atoms in total. The van der Waals surface area contributed by atoms with Gasteiger partial charge in [-0.05, 0) is 11.1 Å². The molecular formula is C23H26N2O3. The number of nitrogens with one attached hydrogen (secondary N) is 1. The first-order valence-corrected chi connectivity index (χ1v) is 8.71. The molecule has 0 unspecified atom stereocenters. The number of nitrogens with zero attached hydrogens (tertiary/aromatic N) is 1. The molecule has 0 spiro atoms. The van der Waals surface area contributed by atoms with E-state index in [1.165, 1.54) is 12.7 Å². The van der Waals surface area contributed by atoms with E-state index in [0.29, 0.717) is 0 Å². The van der Waals surface area contributed by atoms with Crippen LogP contribution < -0.4 is 5.48 Å². The minimum atomic E-state index is 0.729. The van der Waals surface area contributed by atoms with Crippen molar-refractivity contribution in [3.05, 3.63) is 108 Å². The van der Waals surface area contributed by atoms with Crippen LogP contribution in [0.3, 0.4) is 0 Å². The molecule has 146 valence electrons. The summed E-state index contributed by atoms with van der Waals surface area (Å²) in [7, 11) is 3.14. The Labute approximate surface area is 166 Å². The van der Waals surface area contributed by atoms with E-state index in [2.05, 4.69) is 15.5 Å². The molecule has 5 heteroatoms. The van der Waals surface area contributed by atoms with E-state index in [1.807, 2.05) is 78.9 Å². The molecule has 28 heavy (non-hydrogen) atoms. The fraction of sp³-hybridized carbons (Fsp3) is 0.130. The minimum Gasteiger partial charge on any atom is -0.399 e. The van der Waals surface area contributed by atoms with Gasteiger partial charge in [0.15, 0.2) is 0 Å². The van der Waals surface area contributed by atoms with Crippen molar-refractivity contribution in [3.63, 3.8) is 0 Å². The van der Waals surface area contributed by atoms with Gasteiger partial charge in [-0.2, -0.15) is 5.48 Å². The summed E-state index contributed by atoms with van der Waals surface area (Å²) in [5, 5.41) is 3.62. The van der Waals surface area contributed by atoms with Crippen LogP contribution in [0.15, 0.2) is 96.2 Å². The van der Waals surface area contributed by atoms with Crippen molar-refractivity contribution in [2.75, 3.05) is 14.2 Å². The molecule has 0 aliphatic rings. The first kappa shape index (κ1) is 22.8. The highest BCUT2D eigenvalue weighted by Gasteiger charge is 1.86. The van der Waals surface area contributed by atoms with E-state index in [-0.39, 0.29) is 0 Å². The van der Waals surface area contributed by atoms with Gasteiger partial charge in [0.25, 0.3) is 0 Å². The number of carbonyl (C=O) groups is 1. The largest absolute Gasteiger partial charge is 0.399 e. The lowest BCUT2D eigenvalue weighted by Crippen LogP contribution is -2.10. The lowest BCUT2D eigenvalue weighted by atomic mass is 10.2. The maximum Gasteiger partial charge on any atom is 0.150 e. The van der Waals surface area contributed by atoms with Gasteiger partial charge in [0.2, 0.25) is 0 Å². The van der Waals surface area contributed by atoms with Crippen LogP contribution in [-0.4, -0.2) is 26.7 Å². The number of benzene rings is 3. The van der Waals surface area contributed by atoms with Crippen molar-refractivity contribution >= 4 is 12.5 Å². The molecule has 0 heterocycles. The summed E-state index contributed by atoms with van der Waals surface area (Å²) in [5.41, 5.74) is 5.77. The summed E-state index contributed by atoms with van der Waals surface area (Å²) < 4.78 is 0. The van der Waals surface area contributed by atoms with Crippen LogP contribution >= 0.6 is 0 Å². The number of oxime groups is 1. The Hall–Kier alpha value is -3.28. The van der Waals surface area contributed by atoms with Gasteiger partial charge in [-0.15, -0.1) is 0 Å². The maximum atomic E-state index is 10.0. The number of carbonyl (C=O) groups excluding carboxylic acids is 1. The van der Waals surface area contributed by atoms with Crippen LogP contribution in [-0.2, 0) is 16.2 Å². The van der Waals surface area contributed by atoms with Crippen molar-refractivity contribution in [2.45, 2.75) is 6.54 Å². The monoisotopic (exact) mass is 378 g/mol. The summed E-state index contributed by atoms with van der Waals surface area (Å²) in [6, 6.07) is 29.0. The second-order valence-electron chi connectivity index (χ2n) is 5.37. The summed E-state index contributed by atoms with van der Waals surface area (Å²) in [6.07, 6.45) is 2.50. The lowest BCUT2D eigenvalue weighted by Gasteiger charge is -1.99. The van der Waals surface area contributed by atoms with Crippen LogP contribution in [0.1, 0.15) is 21.5 Å². The molecule has 3 rings (SSSR count). The van der Waals surface area contributed by atoms with Gasteiger partial charge in [-0.25, -0.2) is 0 Å². The Balaban J connectivity index is 0.000000212. The second-order valence-corrected chi connectivity index (χ2v) is 5.37. The quantitative estimate of drug-likeness (QED) is 0.390. The first-order valence-electron chi connectivity index (χ1n) is 8.71. The Kier molecular flexibility index (Phi) is 13.0. The van der Waals surface area contributed by atoms with Crippen molar-refractivity contribution in [1.82, 2.24) is 5.48 Å². The van der Waals surface area contributed by atoms with Crippen LogP contribution in [0.25, 0.3) is 0 Å². The molecule has 1 N–H and O–H groups in total. The normalized spacial score (nSPS) is 9.50. The third kappa shape index (κ3) is 11.4. The smallest absolute Gasteiger partial charge is 0.150 e. The van der Waals surface area contributed by atoms with Gasteiger partial charge >= 0.3 is 0 Å². The third-order valence-electron chi connectivity index (χ3n) is 3.31. The summed E-state index contributed by atoms with van der Waals surface area (Å²) in [5.74, 6) is 0. The fourth-order valence-corrected chi connectivity index (χ4v) is 1.94. The van der Waals surface area contributed by atoms with Gasteiger partial charge in [-0.3, -0.25) is 4.79 Å². The molecule has 0 aliphatic heterocycles. The van der Waals surface area contributed by atoms with Crippen LogP contribution in [0, 0.1) is 0 Å². The number of hydrogen-bond donors (Lipinski definition) is 1. The van der Waals surface area contributed by atoms with Gasteiger partial charge in [0, 0.05) is 12.1 Å². The molecule has 0 fully saturated rings. The number of rotatable bonds is 6. The topological polar surface area (TPSA) is 59.9 Å². The molecule has 0 atom stereocenters. The van der Waals surface area contributed by atoms with E-state index < -0.39 is 0 Å². The molecule has 0 aromatic heterocycles. The van der Waals surface area contributed by atoms with E-state index in [1.54, 1.807) is 25.5 Å². The first-order chi connectivity index (χ1) is 13.8. The van der Waals surface area contributed by atoms with Crippen molar-refractivity contribution < 1.29 is 14.5 Å². The molecule has 0 saturated heterocycles. The highest BCUT2D eigenvalue weighted by Crippen LogP contribution is 1.96. The van der Waals surface area contributed by atoms with E-state index in [9.17, 15) is 4.79 Å².